The molecule has 0 rings (SSSR count). The van der Waals surface area contributed by atoms with Gasteiger partial charge in [-0.3, -0.25) is 4.79 Å². The Hall–Kier alpha value is 0.901. The molecule has 6 heteroatoms. The summed E-state index contributed by atoms with van der Waals surface area (Å²) in [6.07, 6.45) is 0. The molecule has 0 aliphatic carbocycles. The number of carbonyl (C=O) groups is 1. The van der Waals surface area contributed by atoms with Gasteiger partial charge in [-0.2, -0.15) is 8.42 Å². The van der Waals surface area contributed by atoms with Crippen LogP contribution in [-0.4, -0.2) is 59.9 Å². The molecule has 0 aliphatic rings. The van der Waals surface area contributed by atoms with Gasteiger partial charge >= 0.3 is 62.4 Å². The zero-order valence-electron chi connectivity index (χ0n) is 3.58. The summed E-state index contributed by atoms with van der Waals surface area (Å²) in [5, 5.41) is 0. The molecule has 0 aromatic carbocycles. The van der Waals surface area contributed by atoms with E-state index in [1.54, 1.807) is 0 Å². The van der Waals surface area contributed by atoms with Crippen LogP contribution < -0.4 is 0 Å². The minimum absolute atomic E-state index is 0. The fourth-order valence-electron chi connectivity index (χ4n) is 0.105. The summed E-state index contributed by atoms with van der Waals surface area (Å²) < 4.78 is 22.4. The van der Waals surface area contributed by atoms with E-state index in [9.17, 15) is 13.2 Å². The van der Waals surface area contributed by atoms with E-state index in [0.29, 0.717) is 0 Å². The predicted molar refractivity (Wildman–Crippen MR) is 30.6 cm³/mol. The van der Waals surface area contributed by atoms with Crippen LogP contribution in [0.15, 0.2) is 0 Å². The summed E-state index contributed by atoms with van der Waals surface area (Å²) in [6, 6.07) is 0. The first kappa shape index (κ1) is 11.7. The maximum atomic E-state index is 9.65. The van der Waals surface area contributed by atoms with Crippen molar-refractivity contribution in [1.82, 2.24) is 0 Å². The van der Waals surface area contributed by atoms with Crippen LogP contribution in [0.1, 0.15) is 6.92 Å². The van der Waals surface area contributed by atoms with Gasteiger partial charge < -0.3 is 4.18 Å². The van der Waals surface area contributed by atoms with Gasteiger partial charge in [0.15, 0.2) is 0 Å². The Bertz CT molecular complexity index is 131. The van der Waals surface area contributed by atoms with Gasteiger partial charge in [0, 0.05) is 6.92 Å². The van der Waals surface area contributed by atoms with Crippen molar-refractivity contribution in [2.75, 3.05) is 0 Å². The molecule has 8 heavy (non-hydrogen) atoms. The second-order valence-electron chi connectivity index (χ2n) is 0.806. The van der Waals surface area contributed by atoms with E-state index in [-0.39, 0.29) is 45.5 Å². The number of carbonyl (C=O) groups excluding carboxylic acids is 1. The molecular formula is C2H6O4SSr. The Labute approximate surface area is 85.6 Å². The Morgan fingerprint density at radius 1 is 1.50 bits per heavy atom. The molecule has 0 aromatic rings. The molecule has 0 bridgehead atoms. The van der Waals surface area contributed by atoms with Crippen molar-refractivity contribution in [2.24, 2.45) is 0 Å². The number of hydrogen-bond acceptors (Lipinski definition) is 4. The molecule has 4 nitrogen and oxygen atoms in total. The van der Waals surface area contributed by atoms with E-state index in [1.807, 2.05) is 0 Å². The van der Waals surface area contributed by atoms with Crippen molar-refractivity contribution < 1.29 is 17.4 Å². The quantitative estimate of drug-likeness (QED) is 0.411. The third-order valence-electron chi connectivity index (χ3n) is 0.203. The topological polar surface area (TPSA) is 60.4 Å². The number of thiol groups is 1. The van der Waals surface area contributed by atoms with Crippen molar-refractivity contribution in [1.29, 1.82) is 0 Å². The molecule has 0 N–H and O–H groups in total. The van der Waals surface area contributed by atoms with E-state index in [2.05, 4.69) is 4.18 Å². The molecule has 0 unspecified atom stereocenters. The summed E-state index contributed by atoms with van der Waals surface area (Å²) in [5.74, 6) is -0.809. The molecule has 0 atom stereocenters. The first-order valence-electron chi connectivity index (χ1n) is 1.46. The maximum absolute atomic E-state index is 9.65. The van der Waals surface area contributed by atoms with Crippen LogP contribution in [0.2, 0.25) is 0 Å². The summed E-state index contributed by atoms with van der Waals surface area (Å²) in [7, 11) is -2.99. The average Bonchev–Trinajstić information content (AvgIpc) is 1.27. The minimum atomic E-state index is -2.99. The van der Waals surface area contributed by atoms with Gasteiger partial charge in [0.25, 0.3) is 0 Å². The van der Waals surface area contributed by atoms with Gasteiger partial charge in [-0.15, -0.1) is 0 Å². The molecule has 0 fully saturated rings. The zero-order chi connectivity index (χ0) is 5.86. The van der Waals surface area contributed by atoms with Crippen molar-refractivity contribution in [2.45, 2.75) is 6.92 Å². The Morgan fingerprint density at radius 2 is 1.88 bits per heavy atom. The first-order chi connectivity index (χ1) is 3.13. The summed E-state index contributed by atoms with van der Waals surface area (Å²) >= 11 is 0. The Balaban J connectivity index is 0. The molecule has 0 aromatic heterocycles. The molecule has 46 valence electrons. The molecule has 0 aliphatic heterocycles. The molecule has 0 heterocycles. The second kappa shape index (κ2) is 6.03. The normalized spacial score (nSPS) is 7.75. The molecular weight excluding hydrogens is 208 g/mol. The van der Waals surface area contributed by atoms with E-state index < -0.39 is 17.0 Å². The molecule has 0 saturated carbocycles. The Morgan fingerprint density at radius 3 is 1.88 bits per heavy atom. The van der Waals surface area contributed by atoms with Crippen molar-refractivity contribution in [3.05, 3.63) is 0 Å². The SMILES string of the molecule is CC(=O)O[SH](=O)=O.[SrH2]. The van der Waals surface area contributed by atoms with E-state index in [4.69, 9.17) is 0 Å². The van der Waals surface area contributed by atoms with Gasteiger partial charge in [-0.25, -0.2) is 0 Å². The summed E-state index contributed by atoms with van der Waals surface area (Å²) in [4.78, 5) is 9.65. The van der Waals surface area contributed by atoms with Crippen LogP contribution in [0, 0.1) is 0 Å². The Kier molecular flexibility index (Phi) is 8.79. The average molecular weight is 214 g/mol. The molecule has 0 spiro atoms. The van der Waals surface area contributed by atoms with Crippen LogP contribution in [-0.2, 0) is 20.0 Å². The van der Waals surface area contributed by atoms with E-state index in [1.165, 1.54) is 0 Å². The van der Waals surface area contributed by atoms with Gasteiger partial charge in [0.2, 0.25) is 0 Å². The second-order valence-corrected chi connectivity index (χ2v) is 1.44. The summed E-state index contributed by atoms with van der Waals surface area (Å²) in [6.45, 7) is 1.02. The van der Waals surface area contributed by atoms with Gasteiger partial charge in [0.1, 0.15) is 0 Å². The standard InChI is InChI=1S/C2H4O4S.Sr.2H/c1-2(3)6-7(4)5;;;/h7H,1H3;;;. The van der Waals surface area contributed by atoms with Gasteiger partial charge in [-0.1, -0.05) is 0 Å². The van der Waals surface area contributed by atoms with Gasteiger partial charge in [-0.05, 0) is 0 Å². The van der Waals surface area contributed by atoms with Crippen LogP contribution in [0.3, 0.4) is 0 Å². The summed E-state index contributed by atoms with van der Waals surface area (Å²) in [5.41, 5.74) is 0. The van der Waals surface area contributed by atoms with Crippen molar-refractivity contribution in [3.8, 4) is 0 Å². The third kappa shape index (κ3) is 10.0. The zero-order valence-corrected chi connectivity index (χ0v) is 4.47. The number of rotatable bonds is 1. The molecule has 0 saturated heterocycles. The first-order valence-corrected chi connectivity index (χ1v) is 2.55. The van der Waals surface area contributed by atoms with Crippen molar-refractivity contribution in [3.63, 3.8) is 0 Å². The van der Waals surface area contributed by atoms with Crippen LogP contribution in [0.5, 0.6) is 0 Å². The predicted octanol–water partition coefficient (Wildman–Crippen LogP) is -1.84. The monoisotopic (exact) mass is 214 g/mol. The molecule has 0 amide bonds. The van der Waals surface area contributed by atoms with Crippen LogP contribution in [0.4, 0.5) is 0 Å². The van der Waals surface area contributed by atoms with Gasteiger partial charge in [0.05, 0.1) is 0 Å². The van der Waals surface area contributed by atoms with Crippen LogP contribution >= 0.6 is 0 Å². The van der Waals surface area contributed by atoms with E-state index in [0.717, 1.165) is 6.92 Å². The van der Waals surface area contributed by atoms with E-state index >= 15 is 0 Å². The fourth-order valence-corrected chi connectivity index (χ4v) is 0.315. The van der Waals surface area contributed by atoms with Crippen LogP contribution in [0.25, 0.3) is 0 Å². The molecule has 0 radical (unpaired) electrons. The van der Waals surface area contributed by atoms with Crippen molar-refractivity contribution >= 4 is 62.4 Å². The number of hydrogen-bond donors (Lipinski definition) is 1. The third-order valence-corrected chi connectivity index (χ3v) is 0.609. The fraction of sp³-hybridized carbons (Fsp3) is 0.500.